The topological polar surface area (TPSA) is 70.2 Å². The normalized spacial score (nSPS) is 16.5. The summed E-state index contributed by atoms with van der Waals surface area (Å²) in [5.41, 5.74) is 7.59. The van der Waals surface area contributed by atoms with Crippen molar-refractivity contribution in [2.75, 3.05) is 36.4 Å². The van der Waals surface area contributed by atoms with Crippen LogP contribution in [-0.4, -0.2) is 42.1 Å². The molecule has 0 aliphatic carbocycles. The number of nitrogens with one attached hydrogen (secondary N) is 2. The van der Waals surface area contributed by atoms with Gasteiger partial charge in [-0.1, -0.05) is 18.2 Å². The summed E-state index contributed by atoms with van der Waals surface area (Å²) in [5, 5.41) is 9.38. The highest BCUT2D eigenvalue weighted by molar-refractivity contribution is 7.13. The number of benzene rings is 2. The van der Waals surface area contributed by atoms with E-state index in [1.54, 1.807) is 23.7 Å². The molecule has 1 fully saturated rings. The number of carbonyl (C=O) groups excluding carboxylic acids is 1. The summed E-state index contributed by atoms with van der Waals surface area (Å²) < 4.78 is 0. The number of rotatable bonds is 4. The van der Waals surface area contributed by atoms with Crippen molar-refractivity contribution in [1.29, 1.82) is 0 Å². The molecule has 2 aromatic carbocycles. The van der Waals surface area contributed by atoms with Gasteiger partial charge in [-0.15, -0.1) is 11.3 Å². The van der Waals surface area contributed by atoms with Gasteiger partial charge >= 0.3 is 0 Å². The molecule has 34 heavy (non-hydrogen) atoms. The standard InChI is InChI=1S/C27H23N5OS/c33-26-23(15-18-1-4-21(5-2-18)32-13-11-29-12-14-32)22-16-20(3-6-24(22)30-26)25-17-34-27(31-25)19-7-9-28-10-8-19/h1-10,15-17,29H,11-14H2,(H,30,33)/b23-15-. The summed E-state index contributed by atoms with van der Waals surface area (Å²) >= 11 is 1.60. The van der Waals surface area contributed by atoms with E-state index in [1.807, 2.05) is 30.3 Å². The lowest BCUT2D eigenvalue weighted by atomic mass is 10.0. The van der Waals surface area contributed by atoms with Crippen LogP contribution in [0.2, 0.25) is 0 Å². The number of thiazole rings is 1. The Kier molecular flexibility index (Phi) is 5.41. The fourth-order valence-electron chi connectivity index (χ4n) is 4.40. The second-order valence-corrected chi connectivity index (χ2v) is 9.23. The third-order valence-electron chi connectivity index (χ3n) is 6.22. The Morgan fingerprint density at radius 3 is 2.53 bits per heavy atom. The van der Waals surface area contributed by atoms with Crippen LogP contribution in [-0.2, 0) is 4.79 Å². The average Bonchev–Trinajstić information content (AvgIpc) is 3.50. The molecule has 2 aromatic heterocycles. The van der Waals surface area contributed by atoms with Crippen molar-refractivity contribution in [3.8, 4) is 21.8 Å². The summed E-state index contributed by atoms with van der Waals surface area (Å²) in [6.45, 7) is 4.04. The zero-order chi connectivity index (χ0) is 22.9. The van der Waals surface area contributed by atoms with Crippen molar-refractivity contribution in [1.82, 2.24) is 15.3 Å². The third-order valence-corrected chi connectivity index (χ3v) is 7.11. The number of hydrogen-bond acceptors (Lipinski definition) is 6. The number of carbonyl (C=O) groups is 1. The SMILES string of the molecule is O=C1Nc2ccc(-c3csc(-c4ccncc4)n3)cc2/C1=C/c1ccc(N2CCNCC2)cc1. The molecule has 0 saturated carbocycles. The maximum atomic E-state index is 12.8. The van der Waals surface area contributed by atoms with Crippen LogP contribution in [0.1, 0.15) is 11.1 Å². The highest BCUT2D eigenvalue weighted by Gasteiger charge is 2.25. The smallest absolute Gasteiger partial charge is 0.256 e. The Bertz CT molecular complexity index is 1370. The fraction of sp³-hybridized carbons (Fsp3) is 0.148. The first kappa shape index (κ1) is 20.8. The van der Waals surface area contributed by atoms with Crippen LogP contribution in [0.3, 0.4) is 0 Å². The first-order chi connectivity index (χ1) is 16.7. The minimum Gasteiger partial charge on any atom is -0.369 e. The molecule has 0 radical (unpaired) electrons. The number of anilines is 2. The molecular formula is C27H23N5OS. The van der Waals surface area contributed by atoms with Crippen molar-refractivity contribution in [2.45, 2.75) is 0 Å². The molecule has 2 aliphatic heterocycles. The van der Waals surface area contributed by atoms with Gasteiger partial charge in [-0.3, -0.25) is 9.78 Å². The minimum absolute atomic E-state index is 0.0749. The zero-order valence-electron chi connectivity index (χ0n) is 18.5. The van der Waals surface area contributed by atoms with Crippen molar-refractivity contribution in [3.63, 3.8) is 0 Å². The maximum absolute atomic E-state index is 12.8. The van der Waals surface area contributed by atoms with Crippen molar-refractivity contribution in [2.24, 2.45) is 0 Å². The second-order valence-electron chi connectivity index (χ2n) is 8.37. The fourth-order valence-corrected chi connectivity index (χ4v) is 5.23. The molecule has 6 nitrogen and oxygen atoms in total. The molecule has 2 N–H and O–H groups in total. The van der Waals surface area contributed by atoms with Gasteiger partial charge in [0.1, 0.15) is 5.01 Å². The van der Waals surface area contributed by atoms with Gasteiger partial charge in [0.05, 0.1) is 5.69 Å². The summed E-state index contributed by atoms with van der Waals surface area (Å²) in [7, 11) is 0. The number of fused-ring (bicyclic) bond motifs is 1. The van der Waals surface area contributed by atoms with Crippen LogP contribution in [0.5, 0.6) is 0 Å². The summed E-state index contributed by atoms with van der Waals surface area (Å²) in [6, 6.07) is 18.4. The first-order valence-electron chi connectivity index (χ1n) is 11.3. The van der Waals surface area contributed by atoms with Gasteiger partial charge in [0.2, 0.25) is 0 Å². The first-order valence-corrected chi connectivity index (χ1v) is 12.2. The predicted molar refractivity (Wildman–Crippen MR) is 139 cm³/mol. The average molecular weight is 466 g/mol. The van der Waals surface area contributed by atoms with Crippen molar-refractivity contribution in [3.05, 3.63) is 83.5 Å². The molecule has 1 saturated heterocycles. The molecule has 0 unspecified atom stereocenters. The molecule has 4 heterocycles. The maximum Gasteiger partial charge on any atom is 0.256 e. The van der Waals surface area contributed by atoms with Gasteiger partial charge in [0.15, 0.2) is 0 Å². The molecule has 0 atom stereocenters. The van der Waals surface area contributed by atoms with E-state index >= 15 is 0 Å². The van der Waals surface area contributed by atoms with Gasteiger partial charge in [-0.2, -0.15) is 0 Å². The molecule has 168 valence electrons. The summed E-state index contributed by atoms with van der Waals surface area (Å²) in [4.78, 5) is 24.0. The van der Waals surface area contributed by atoms with Crippen LogP contribution in [0.25, 0.3) is 33.5 Å². The van der Waals surface area contributed by atoms with E-state index in [0.29, 0.717) is 5.57 Å². The Morgan fingerprint density at radius 1 is 0.941 bits per heavy atom. The van der Waals surface area contributed by atoms with Crippen LogP contribution in [0.4, 0.5) is 11.4 Å². The monoisotopic (exact) mass is 465 g/mol. The molecule has 0 spiro atoms. The van der Waals surface area contributed by atoms with E-state index in [9.17, 15) is 4.79 Å². The van der Waals surface area contributed by atoms with Crippen molar-refractivity contribution < 1.29 is 4.79 Å². The number of hydrogen-bond donors (Lipinski definition) is 2. The van der Waals surface area contributed by atoms with E-state index < -0.39 is 0 Å². The number of pyridine rings is 1. The third kappa shape index (κ3) is 4.00. The number of nitrogens with zero attached hydrogens (tertiary/aromatic N) is 3. The second kappa shape index (κ2) is 8.85. The molecule has 7 heteroatoms. The summed E-state index contributed by atoms with van der Waals surface area (Å²) in [5.74, 6) is -0.0749. The quantitative estimate of drug-likeness (QED) is 0.425. The van der Waals surface area contributed by atoms with E-state index in [0.717, 1.165) is 64.8 Å². The van der Waals surface area contributed by atoms with E-state index in [2.05, 4.69) is 56.2 Å². The van der Waals surface area contributed by atoms with E-state index in [4.69, 9.17) is 4.98 Å². The Morgan fingerprint density at radius 2 is 1.74 bits per heavy atom. The Hall–Kier alpha value is -3.81. The van der Waals surface area contributed by atoms with Gasteiger partial charge < -0.3 is 15.5 Å². The van der Waals surface area contributed by atoms with Crippen LogP contribution in [0, 0.1) is 0 Å². The highest BCUT2D eigenvalue weighted by Crippen LogP contribution is 2.37. The lowest BCUT2D eigenvalue weighted by molar-refractivity contribution is -0.110. The van der Waals surface area contributed by atoms with Gasteiger partial charge in [-0.05, 0) is 48.0 Å². The Labute approximate surface area is 202 Å². The molecule has 4 aromatic rings. The van der Waals surface area contributed by atoms with E-state index in [1.165, 1.54) is 5.69 Å². The van der Waals surface area contributed by atoms with Crippen molar-refractivity contribution >= 4 is 40.3 Å². The minimum atomic E-state index is -0.0749. The molecule has 1 amide bonds. The lowest BCUT2D eigenvalue weighted by Crippen LogP contribution is -2.43. The number of aromatic nitrogens is 2. The van der Waals surface area contributed by atoms with Gasteiger partial charge in [-0.25, -0.2) is 4.98 Å². The predicted octanol–water partition coefficient (Wildman–Crippen LogP) is 4.77. The number of piperazine rings is 1. The van der Waals surface area contributed by atoms with Gasteiger partial charge in [0.25, 0.3) is 5.91 Å². The molecule has 0 bridgehead atoms. The largest absolute Gasteiger partial charge is 0.369 e. The zero-order valence-corrected chi connectivity index (χ0v) is 19.3. The number of amides is 1. The molecular weight excluding hydrogens is 442 g/mol. The molecule has 6 rings (SSSR count). The van der Waals surface area contributed by atoms with Crippen LogP contribution in [0.15, 0.2) is 72.4 Å². The van der Waals surface area contributed by atoms with Gasteiger partial charge in [0, 0.05) is 77.6 Å². The van der Waals surface area contributed by atoms with Crippen LogP contribution >= 0.6 is 11.3 Å². The highest BCUT2D eigenvalue weighted by atomic mass is 32.1. The lowest BCUT2D eigenvalue weighted by Gasteiger charge is -2.29. The molecule has 2 aliphatic rings. The summed E-state index contributed by atoms with van der Waals surface area (Å²) in [6.07, 6.45) is 5.52. The van der Waals surface area contributed by atoms with E-state index in [-0.39, 0.29) is 5.91 Å². The van der Waals surface area contributed by atoms with Crippen LogP contribution < -0.4 is 15.5 Å². The Balaban J connectivity index is 1.29.